The Hall–Kier alpha value is -4.05. The van der Waals surface area contributed by atoms with E-state index >= 15 is 0 Å². The third kappa shape index (κ3) is 3.29. The van der Waals surface area contributed by atoms with Crippen LogP contribution in [0.5, 0.6) is 11.5 Å². The van der Waals surface area contributed by atoms with Crippen molar-refractivity contribution in [3.8, 4) is 17.6 Å². The second-order valence-corrected chi connectivity index (χ2v) is 7.01. The van der Waals surface area contributed by atoms with Crippen molar-refractivity contribution in [2.24, 2.45) is 5.73 Å². The molecule has 150 valence electrons. The summed E-state index contributed by atoms with van der Waals surface area (Å²) in [5.74, 6) is 0.444. The first-order chi connectivity index (χ1) is 14.5. The van der Waals surface area contributed by atoms with Crippen molar-refractivity contribution in [2.75, 3.05) is 7.11 Å². The van der Waals surface area contributed by atoms with E-state index in [0.717, 1.165) is 16.8 Å². The zero-order chi connectivity index (χ0) is 21.3. The Morgan fingerprint density at radius 2 is 1.93 bits per heavy atom. The normalized spacial score (nSPS) is 15.2. The third-order valence-electron chi connectivity index (χ3n) is 5.23. The largest absolute Gasteiger partial charge is 0.497 e. The zero-order valence-corrected chi connectivity index (χ0v) is 16.6. The summed E-state index contributed by atoms with van der Waals surface area (Å²) in [5, 5.41) is 9.76. The molecule has 3 aromatic rings. The summed E-state index contributed by atoms with van der Waals surface area (Å²) in [7, 11) is 1.58. The van der Waals surface area contributed by atoms with Gasteiger partial charge in [-0.2, -0.15) is 5.26 Å². The average Bonchev–Trinajstić information content (AvgIpc) is 2.76. The van der Waals surface area contributed by atoms with Gasteiger partial charge in [0.15, 0.2) is 0 Å². The minimum Gasteiger partial charge on any atom is -0.497 e. The molecule has 2 N–H and O–H groups in total. The van der Waals surface area contributed by atoms with Gasteiger partial charge in [0.1, 0.15) is 23.1 Å². The zero-order valence-electron chi connectivity index (χ0n) is 16.6. The number of rotatable bonds is 4. The lowest BCUT2D eigenvalue weighted by atomic mass is 9.84. The molecule has 1 atom stereocenters. The summed E-state index contributed by atoms with van der Waals surface area (Å²) < 4.78 is 12.6. The summed E-state index contributed by atoms with van der Waals surface area (Å²) in [6.45, 7) is 2.23. The molecular formula is C23H20N4O3. The molecule has 2 aromatic heterocycles. The lowest BCUT2D eigenvalue weighted by molar-refractivity contribution is 0.388. The van der Waals surface area contributed by atoms with E-state index in [-0.39, 0.29) is 17.0 Å². The fourth-order valence-electron chi connectivity index (χ4n) is 3.68. The van der Waals surface area contributed by atoms with Gasteiger partial charge in [-0.1, -0.05) is 12.1 Å². The number of aromatic nitrogens is 2. The molecule has 0 saturated heterocycles. The van der Waals surface area contributed by atoms with Crippen molar-refractivity contribution in [1.29, 1.82) is 5.26 Å². The van der Waals surface area contributed by atoms with Crippen molar-refractivity contribution in [3.63, 3.8) is 0 Å². The van der Waals surface area contributed by atoms with E-state index in [1.54, 1.807) is 42.3 Å². The minimum atomic E-state index is -0.624. The molecule has 1 aromatic carbocycles. The standard InChI is InChI=1S/C23H20N4O3/c1-14-11-19-21(23(28)27(14)13-15-7-9-26-10-8-15)20(18(12-24)22(25)30-19)16-3-5-17(29-2)6-4-16/h3-11,20H,13,25H2,1-2H3/t20-/m1/s1. The van der Waals surface area contributed by atoms with Crippen LogP contribution in [0.15, 0.2) is 71.1 Å². The number of aryl methyl sites for hydroxylation is 1. The highest BCUT2D eigenvalue weighted by atomic mass is 16.5. The number of nitrogens with zero attached hydrogens (tertiary/aromatic N) is 3. The van der Waals surface area contributed by atoms with Gasteiger partial charge in [0, 0.05) is 24.2 Å². The summed E-state index contributed by atoms with van der Waals surface area (Å²) in [6, 6.07) is 14.9. The van der Waals surface area contributed by atoms with Crippen LogP contribution in [0.25, 0.3) is 0 Å². The quantitative estimate of drug-likeness (QED) is 0.722. The lowest BCUT2D eigenvalue weighted by Crippen LogP contribution is -2.33. The second-order valence-electron chi connectivity index (χ2n) is 7.01. The Kier molecular flexibility index (Phi) is 4.98. The number of nitriles is 1. The molecule has 0 unspecified atom stereocenters. The number of nitrogens with two attached hydrogens (primary N) is 1. The van der Waals surface area contributed by atoms with Crippen LogP contribution in [-0.4, -0.2) is 16.7 Å². The Balaban J connectivity index is 1.90. The second kappa shape index (κ2) is 7.76. The Morgan fingerprint density at radius 3 is 2.57 bits per heavy atom. The van der Waals surface area contributed by atoms with Crippen molar-refractivity contribution < 1.29 is 9.47 Å². The lowest BCUT2D eigenvalue weighted by Gasteiger charge is -2.27. The van der Waals surface area contributed by atoms with Crippen LogP contribution in [0, 0.1) is 18.3 Å². The molecule has 0 radical (unpaired) electrons. The highest BCUT2D eigenvalue weighted by molar-refractivity contribution is 5.55. The molecule has 30 heavy (non-hydrogen) atoms. The van der Waals surface area contributed by atoms with Gasteiger partial charge < -0.3 is 19.8 Å². The van der Waals surface area contributed by atoms with Crippen LogP contribution < -0.4 is 20.8 Å². The molecule has 0 bridgehead atoms. The third-order valence-corrected chi connectivity index (χ3v) is 5.23. The van der Waals surface area contributed by atoms with Crippen molar-refractivity contribution >= 4 is 0 Å². The summed E-state index contributed by atoms with van der Waals surface area (Å²) in [4.78, 5) is 17.6. The Labute approximate surface area is 173 Å². The van der Waals surface area contributed by atoms with Crippen LogP contribution in [0.2, 0.25) is 0 Å². The molecule has 7 heteroatoms. The number of fused-ring (bicyclic) bond motifs is 1. The minimum absolute atomic E-state index is 0.0106. The molecule has 1 aliphatic rings. The molecule has 7 nitrogen and oxygen atoms in total. The molecule has 0 spiro atoms. The number of benzene rings is 1. The van der Waals surface area contributed by atoms with Crippen LogP contribution >= 0.6 is 0 Å². The molecule has 0 aliphatic carbocycles. The van der Waals surface area contributed by atoms with Gasteiger partial charge in [0.25, 0.3) is 5.56 Å². The number of hydrogen-bond acceptors (Lipinski definition) is 6. The van der Waals surface area contributed by atoms with Crippen molar-refractivity contribution in [3.05, 3.63) is 99.1 Å². The maximum Gasteiger partial charge on any atom is 0.259 e. The molecule has 0 fully saturated rings. The maximum atomic E-state index is 13.6. The number of allylic oxidation sites excluding steroid dienone is 1. The van der Waals surface area contributed by atoms with Gasteiger partial charge in [0.2, 0.25) is 5.88 Å². The van der Waals surface area contributed by atoms with Gasteiger partial charge >= 0.3 is 0 Å². The fraction of sp³-hybridized carbons (Fsp3) is 0.174. The summed E-state index contributed by atoms with van der Waals surface area (Å²) >= 11 is 0. The van der Waals surface area contributed by atoms with Gasteiger partial charge in [-0.15, -0.1) is 0 Å². The van der Waals surface area contributed by atoms with Gasteiger partial charge in [-0.3, -0.25) is 9.78 Å². The maximum absolute atomic E-state index is 13.6. The first kappa shape index (κ1) is 19.3. The monoisotopic (exact) mass is 400 g/mol. The molecule has 0 saturated carbocycles. The summed E-state index contributed by atoms with van der Waals surface area (Å²) in [6.07, 6.45) is 3.38. The molecule has 0 amide bonds. The van der Waals surface area contributed by atoms with Crippen molar-refractivity contribution in [2.45, 2.75) is 19.4 Å². The van der Waals surface area contributed by atoms with Crippen molar-refractivity contribution in [1.82, 2.24) is 9.55 Å². The Morgan fingerprint density at radius 1 is 1.23 bits per heavy atom. The first-order valence-corrected chi connectivity index (χ1v) is 9.38. The van der Waals surface area contributed by atoms with Crippen LogP contribution in [0.1, 0.15) is 28.3 Å². The van der Waals surface area contributed by atoms with E-state index in [1.807, 2.05) is 31.2 Å². The number of pyridine rings is 2. The SMILES string of the molecule is COc1ccc([C@@H]2C(C#N)=C(N)Oc3cc(C)n(Cc4ccncc4)c(=O)c32)cc1. The smallest absolute Gasteiger partial charge is 0.259 e. The van der Waals surface area contributed by atoms with E-state index in [2.05, 4.69) is 11.1 Å². The van der Waals surface area contributed by atoms with E-state index < -0.39 is 5.92 Å². The van der Waals surface area contributed by atoms with Gasteiger partial charge in [-0.05, 0) is 42.3 Å². The van der Waals surface area contributed by atoms with Crippen LogP contribution in [0.4, 0.5) is 0 Å². The van der Waals surface area contributed by atoms with Crippen LogP contribution in [0.3, 0.4) is 0 Å². The highest BCUT2D eigenvalue weighted by Gasteiger charge is 2.34. The van der Waals surface area contributed by atoms with Gasteiger partial charge in [0.05, 0.1) is 25.1 Å². The summed E-state index contributed by atoms with van der Waals surface area (Å²) in [5.41, 5.74) is 8.87. The van der Waals surface area contributed by atoms with E-state index in [9.17, 15) is 10.1 Å². The first-order valence-electron chi connectivity index (χ1n) is 9.38. The van der Waals surface area contributed by atoms with E-state index in [1.165, 1.54) is 0 Å². The average molecular weight is 400 g/mol. The molecule has 3 heterocycles. The highest BCUT2D eigenvalue weighted by Crippen LogP contribution is 2.40. The molecular weight excluding hydrogens is 380 g/mol. The van der Waals surface area contributed by atoms with Crippen LogP contribution in [-0.2, 0) is 6.54 Å². The predicted molar refractivity (Wildman–Crippen MR) is 111 cm³/mol. The molecule has 4 rings (SSSR count). The fourth-order valence-corrected chi connectivity index (χ4v) is 3.68. The van der Waals surface area contributed by atoms with Gasteiger partial charge in [-0.25, -0.2) is 0 Å². The van der Waals surface area contributed by atoms with E-state index in [0.29, 0.717) is 23.6 Å². The Bertz CT molecular complexity index is 1220. The van der Waals surface area contributed by atoms with E-state index in [4.69, 9.17) is 15.2 Å². The topological polar surface area (TPSA) is 103 Å². The number of methoxy groups -OCH3 is 1. The number of hydrogen-bond donors (Lipinski definition) is 1. The predicted octanol–water partition coefficient (Wildman–Crippen LogP) is 2.83. The molecule has 1 aliphatic heterocycles. The number of ether oxygens (including phenoxy) is 2.